The lowest BCUT2D eigenvalue weighted by molar-refractivity contribution is -0.140. The first-order valence-corrected chi connectivity index (χ1v) is 18.8. The third-order valence-electron chi connectivity index (χ3n) is 9.73. The molecule has 4 aromatic rings. The number of rotatable bonds is 16. The molecule has 0 saturated carbocycles. The van der Waals surface area contributed by atoms with Crippen LogP contribution in [0.5, 0.6) is 23.0 Å². The molecule has 1 aliphatic rings. The van der Waals surface area contributed by atoms with E-state index in [-0.39, 0.29) is 25.7 Å². The van der Waals surface area contributed by atoms with Crippen molar-refractivity contribution in [2.45, 2.75) is 79.1 Å². The SMILES string of the molecule is CCc1cc2c(OCC(=O)O)c(c1)Cc1cc(CC)cc(c1OCC(=O)O)Cc1cc(CC)cc(c1OCC(=O)O)Cc1cc(CC)cc(c1OCC(=O)O)C2. The van der Waals surface area contributed by atoms with Crippen LogP contribution in [0.1, 0.15) is 94.5 Å². The average molecular weight is 769 g/mol. The van der Waals surface area contributed by atoms with Crippen molar-refractivity contribution in [3.05, 3.63) is 115 Å². The average Bonchev–Trinajstić information content (AvgIpc) is 3.15. The molecule has 0 spiro atoms. The van der Waals surface area contributed by atoms with E-state index in [1.807, 2.05) is 76.2 Å². The molecule has 8 bridgehead atoms. The van der Waals surface area contributed by atoms with E-state index >= 15 is 0 Å². The van der Waals surface area contributed by atoms with Crippen LogP contribution in [0.25, 0.3) is 0 Å². The van der Waals surface area contributed by atoms with Crippen molar-refractivity contribution in [2.75, 3.05) is 26.4 Å². The van der Waals surface area contributed by atoms with Crippen molar-refractivity contribution in [1.82, 2.24) is 0 Å². The number of benzene rings is 4. The molecule has 0 atom stereocenters. The minimum atomic E-state index is -1.17. The molecular formula is C44H48O12. The number of carboxylic acids is 4. The summed E-state index contributed by atoms with van der Waals surface area (Å²) in [5.74, 6) is -3.29. The van der Waals surface area contributed by atoms with Gasteiger partial charge in [-0.05, 0) is 92.4 Å². The molecule has 0 radical (unpaired) electrons. The van der Waals surface area contributed by atoms with Gasteiger partial charge in [-0.3, -0.25) is 0 Å². The minimum absolute atomic E-state index is 0.191. The van der Waals surface area contributed by atoms with Crippen LogP contribution in [0, 0.1) is 0 Å². The lowest BCUT2D eigenvalue weighted by Crippen LogP contribution is -2.16. The number of aryl methyl sites for hydroxylation is 4. The van der Waals surface area contributed by atoms with Crippen molar-refractivity contribution in [3.8, 4) is 23.0 Å². The maximum Gasteiger partial charge on any atom is 0.341 e. The maximum absolute atomic E-state index is 11.9. The first-order valence-electron chi connectivity index (χ1n) is 18.8. The number of ether oxygens (including phenoxy) is 4. The summed E-state index contributed by atoms with van der Waals surface area (Å²) in [7, 11) is 0. The largest absolute Gasteiger partial charge is 0.481 e. The topological polar surface area (TPSA) is 186 Å². The normalized spacial score (nSPS) is 12.1. The summed E-state index contributed by atoms with van der Waals surface area (Å²) in [6.45, 7) is 5.53. The Kier molecular flexibility index (Phi) is 13.6. The van der Waals surface area contributed by atoms with Crippen LogP contribution in [-0.4, -0.2) is 70.7 Å². The Bertz CT molecular complexity index is 1740. The van der Waals surface area contributed by atoms with Crippen LogP contribution >= 0.6 is 0 Å². The molecule has 4 aromatic carbocycles. The van der Waals surface area contributed by atoms with Gasteiger partial charge in [-0.25, -0.2) is 19.2 Å². The Morgan fingerprint density at radius 1 is 0.375 bits per heavy atom. The predicted molar refractivity (Wildman–Crippen MR) is 207 cm³/mol. The van der Waals surface area contributed by atoms with Gasteiger partial charge >= 0.3 is 23.9 Å². The van der Waals surface area contributed by atoms with Gasteiger partial charge in [0, 0.05) is 25.7 Å². The van der Waals surface area contributed by atoms with Gasteiger partial charge in [0.05, 0.1) is 0 Å². The van der Waals surface area contributed by atoms with Crippen molar-refractivity contribution in [1.29, 1.82) is 0 Å². The molecule has 0 unspecified atom stereocenters. The molecule has 0 amide bonds. The van der Waals surface area contributed by atoms with Crippen LogP contribution in [0.4, 0.5) is 0 Å². The molecule has 0 fully saturated rings. The molecule has 5 rings (SSSR count). The lowest BCUT2D eigenvalue weighted by atomic mass is 9.87. The summed E-state index contributed by atoms with van der Waals surface area (Å²) in [5, 5.41) is 39.0. The summed E-state index contributed by atoms with van der Waals surface area (Å²) in [5.41, 5.74) is 9.06. The maximum atomic E-state index is 11.9. The molecule has 0 saturated heterocycles. The molecule has 1 aliphatic carbocycles. The van der Waals surface area contributed by atoms with E-state index in [2.05, 4.69) is 0 Å². The van der Waals surface area contributed by atoms with E-state index in [1.165, 1.54) is 0 Å². The zero-order chi connectivity index (χ0) is 40.5. The van der Waals surface area contributed by atoms with Crippen LogP contribution in [0.2, 0.25) is 0 Å². The highest BCUT2D eigenvalue weighted by molar-refractivity contribution is 5.71. The molecule has 0 aliphatic heterocycles. The molecule has 0 heterocycles. The third kappa shape index (κ3) is 10.2. The molecule has 56 heavy (non-hydrogen) atoms. The van der Waals surface area contributed by atoms with Gasteiger partial charge in [0.2, 0.25) is 0 Å². The van der Waals surface area contributed by atoms with Crippen molar-refractivity contribution in [2.24, 2.45) is 0 Å². The van der Waals surface area contributed by atoms with Crippen molar-refractivity contribution in [3.63, 3.8) is 0 Å². The van der Waals surface area contributed by atoms with Gasteiger partial charge in [-0.15, -0.1) is 0 Å². The van der Waals surface area contributed by atoms with Crippen molar-refractivity contribution < 1.29 is 58.6 Å². The molecule has 296 valence electrons. The second-order valence-corrected chi connectivity index (χ2v) is 13.8. The van der Waals surface area contributed by atoms with Gasteiger partial charge in [0.25, 0.3) is 0 Å². The minimum Gasteiger partial charge on any atom is -0.481 e. The number of hydrogen-bond donors (Lipinski definition) is 4. The van der Waals surface area contributed by atoms with E-state index in [0.29, 0.717) is 93.2 Å². The fourth-order valence-corrected chi connectivity index (χ4v) is 7.27. The molecule has 0 aromatic heterocycles. The van der Waals surface area contributed by atoms with Crippen LogP contribution in [-0.2, 0) is 70.5 Å². The molecule has 12 heteroatoms. The van der Waals surface area contributed by atoms with E-state index in [9.17, 15) is 39.6 Å². The highest BCUT2D eigenvalue weighted by atomic mass is 16.5. The lowest BCUT2D eigenvalue weighted by Gasteiger charge is -2.24. The first-order chi connectivity index (χ1) is 26.8. The van der Waals surface area contributed by atoms with E-state index in [0.717, 1.165) is 22.3 Å². The zero-order valence-corrected chi connectivity index (χ0v) is 32.2. The number of fused-ring (bicyclic) bond motifs is 8. The highest BCUT2D eigenvalue weighted by Crippen LogP contribution is 2.41. The molecule has 4 N–H and O–H groups in total. The Balaban J connectivity index is 1.92. The van der Waals surface area contributed by atoms with Crippen molar-refractivity contribution >= 4 is 23.9 Å². The highest BCUT2D eigenvalue weighted by Gasteiger charge is 2.25. The van der Waals surface area contributed by atoms with Crippen LogP contribution in [0.15, 0.2) is 48.5 Å². The number of hydrogen-bond acceptors (Lipinski definition) is 8. The summed E-state index contributed by atoms with van der Waals surface area (Å²) in [6, 6.07) is 15.6. The Morgan fingerprint density at radius 3 is 0.661 bits per heavy atom. The molecule has 12 nitrogen and oxygen atoms in total. The monoisotopic (exact) mass is 768 g/mol. The van der Waals surface area contributed by atoms with Gasteiger partial charge < -0.3 is 39.4 Å². The Hall–Kier alpha value is -6.04. The second-order valence-electron chi connectivity index (χ2n) is 13.8. The van der Waals surface area contributed by atoms with E-state index in [1.54, 1.807) is 0 Å². The van der Waals surface area contributed by atoms with E-state index in [4.69, 9.17) is 18.9 Å². The number of carbonyl (C=O) groups is 4. The van der Waals surface area contributed by atoms with Gasteiger partial charge in [-0.1, -0.05) is 76.2 Å². The van der Waals surface area contributed by atoms with Gasteiger partial charge in [0.1, 0.15) is 23.0 Å². The quantitative estimate of drug-likeness (QED) is 0.0859. The smallest absolute Gasteiger partial charge is 0.341 e. The summed E-state index contributed by atoms with van der Waals surface area (Å²) < 4.78 is 24.4. The second kappa shape index (κ2) is 18.5. The summed E-state index contributed by atoms with van der Waals surface area (Å²) >= 11 is 0. The Morgan fingerprint density at radius 2 is 0.536 bits per heavy atom. The fraction of sp³-hybridized carbons (Fsp3) is 0.364. The summed E-state index contributed by atoms with van der Waals surface area (Å²) in [6.07, 6.45) is 3.31. The van der Waals surface area contributed by atoms with E-state index < -0.39 is 50.3 Å². The number of carboxylic acid groups (broad SMARTS) is 4. The zero-order valence-electron chi connectivity index (χ0n) is 32.2. The standard InChI is InChI=1S/C44H48O12/c1-5-25-9-29-17-31-11-26(6-2)13-33(42(31)54-22-38(47)48)19-35-15-28(8-4)16-36(44(35)56-24-40(51)52)20-34-14-27(7-3)12-32(43(34)55-23-39(49)50)18-30(10-25)41(29)53-21-37(45)46/h9-16H,5-8,17-24H2,1-4H3,(H,45,46)(H,47,48)(H,49,50)(H,51,52). The van der Waals surface area contributed by atoms with Gasteiger partial charge in [-0.2, -0.15) is 0 Å². The van der Waals surface area contributed by atoms with Gasteiger partial charge in [0.15, 0.2) is 26.4 Å². The van der Waals surface area contributed by atoms with Crippen LogP contribution < -0.4 is 18.9 Å². The number of aliphatic carboxylic acids is 4. The Labute approximate surface area is 325 Å². The fourth-order valence-electron chi connectivity index (χ4n) is 7.27. The first kappa shape index (κ1) is 41.1. The predicted octanol–water partition coefficient (Wildman–Crippen LogP) is 6.47. The van der Waals surface area contributed by atoms with Crippen LogP contribution in [0.3, 0.4) is 0 Å². The molecular weight excluding hydrogens is 720 g/mol. The summed E-state index contributed by atoms with van der Waals surface area (Å²) in [4.78, 5) is 47.7. The third-order valence-corrected chi connectivity index (χ3v) is 9.73.